The quantitative estimate of drug-likeness (QED) is 0.813. The molecule has 1 atom stereocenters. The van der Waals surface area contributed by atoms with E-state index in [1.807, 2.05) is 11.3 Å². The van der Waals surface area contributed by atoms with Crippen molar-refractivity contribution in [3.63, 3.8) is 0 Å². The Bertz CT molecular complexity index is 375. The molecule has 1 saturated heterocycles. The van der Waals surface area contributed by atoms with Gasteiger partial charge >= 0.3 is 0 Å². The summed E-state index contributed by atoms with van der Waals surface area (Å²) in [5.74, 6) is 0.873. The molecule has 0 aliphatic carbocycles. The molecule has 3 rings (SSSR count). The minimum Gasteiger partial charge on any atom is -0.484 e. The highest BCUT2D eigenvalue weighted by Gasteiger charge is 2.14. The van der Waals surface area contributed by atoms with E-state index in [0.717, 1.165) is 37.1 Å². The van der Waals surface area contributed by atoms with E-state index in [0.29, 0.717) is 0 Å². The highest BCUT2D eigenvalue weighted by Crippen LogP contribution is 2.31. The molecule has 0 bridgehead atoms. The monoisotopic (exact) mass is 280 g/mol. The molecule has 2 aliphatic heterocycles. The Balaban J connectivity index is 1.38. The third-order valence-electron chi connectivity index (χ3n) is 4.13. The van der Waals surface area contributed by atoms with Crippen LogP contribution in [0.4, 0.5) is 0 Å². The zero-order valence-corrected chi connectivity index (χ0v) is 12.4. The minimum absolute atomic E-state index is 0.873. The van der Waals surface area contributed by atoms with Crippen molar-refractivity contribution in [1.29, 1.82) is 0 Å². The van der Waals surface area contributed by atoms with E-state index in [2.05, 4.69) is 16.7 Å². The SMILES string of the molecule is c1c(OCCCC2CCCNC2)sc2c1CCNC2. The van der Waals surface area contributed by atoms with Crippen LogP contribution in [0.25, 0.3) is 0 Å². The number of nitrogens with one attached hydrogen (secondary N) is 2. The van der Waals surface area contributed by atoms with Crippen LogP contribution < -0.4 is 15.4 Å². The van der Waals surface area contributed by atoms with Gasteiger partial charge in [0, 0.05) is 11.4 Å². The first-order chi connectivity index (χ1) is 9.42. The van der Waals surface area contributed by atoms with E-state index in [1.165, 1.54) is 49.2 Å². The number of fused-ring (bicyclic) bond motifs is 1. The highest BCUT2D eigenvalue weighted by atomic mass is 32.1. The molecule has 1 aromatic rings. The van der Waals surface area contributed by atoms with Gasteiger partial charge in [-0.05, 0) is 69.3 Å². The van der Waals surface area contributed by atoms with Crippen LogP contribution in [0.3, 0.4) is 0 Å². The molecule has 0 aromatic carbocycles. The fraction of sp³-hybridized carbons (Fsp3) is 0.733. The van der Waals surface area contributed by atoms with Crippen molar-refractivity contribution in [2.75, 3.05) is 26.2 Å². The Morgan fingerprint density at radius 1 is 1.32 bits per heavy atom. The number of rotatable bonds is 5. The smallest absolute Gasteiger partial charge is 0.174 e. The number of hydrogen-bond acceptors (Lipinski definition) is 4. The summed E-state index contributed by atoms with van der Waals surface area (Å²) in [5.41, 5.74) is 1.50. The normalized spacial score (nSPS) is 23.1. The second-order valence-corrected chi connectivity index (χ2v) is 6.74. The van der Waals surface area contributed by atoms with Crippen molar-refractivity contribution in [3.8, 4) is 5.06 Å². The standard InChI is InChI=1S/C15H24N2OS/c1-3-12(10-16-6-1)4-2-8-18-15-9-13-5-7-17-11-14(13)19-15/h9,12,16-17H,1-8,10-11H2. The Morgan fingerprint density at radius 2 is 2.32 bits per heavy atom. The van der Waals surface area contributed by atoms with Gasteiger partial charge < -0.3 is 15.4 Å². The number of piperidine rings is 1. The van der Waals surface area contributed by atoms with Crippen LogP contribution in [-0.4, -0.2) is 26.2 Å². The predicted octanol–water partition coefficient (Wildman–Crippen LogP) is 2.55. The van der Waals surface area contributed by atoms with Crippen LogP contribution in [0.2, 0.25) is 0 Å². The number of ether oxygens (including phenoxy) is 1. The van der Waals surface area contributed by atoms with E-state index < -0.39 is 0 Å². The third-order valence-corrected chi connectivity index (χ3v) is 5.22. The number of hydrogen-bond donors (Lipinski definition) is 2. The topological polar surface area (TPSA) is 33.3 Å². The Morgan fingerprint density at radius 3 is 3.16 bits per heavy atom. The molecule has 1 unspecified atom stereocenters. The lowest BCUT2D eigenvalue weighted by atomic mass is 9.95. The largest absolute Gasteiger partial charge is 0.484 e. The average molecular weight is 280 g/mol. The van der Waals surface area contributed by atoms with Crippen LogP contribution in [0.15, 0.2) is 6.07 Å². The first-order valence-electron chi connectivity index (χ1n) is 7.57. The maximum Gasteiger partial charge on any atom is 0.174 e. The predicted molar refractivity (Wildman–Crippen MR) is 80.1 cm³/mol. The second-order valence-electron chi connectivity index (χ2n) is 5.64. The van der Waals surface area contributed by atoms with Gasteiger partial charge in [0.15, 0.2) is 5.06 Å². The molecule has 0 saturated carbocycles. The lowest BCUT2D eigenvalue weighted by Crippen LogP contribution is -2.29. The molecule has 3 heterocycles. The molecule has 4 heteroatoms. The van der Waals surface area contributed by atoms with Crippen LogP contribution >= 0.6 is 11.3 Å². The van der Waals surface area contributed by atoms with Crippen molar-refractivity contribution in [2.24, 2.45) is 5.92 Å². The molecule has 2 N–H and O–H groups in total. The van der Waals surface area contributed by atoms with E-state index in [4.69, 9.17) is 4.74 Å². The van der Waals surface area contributed by atoms with Crippen molar-refractivity contribution < 1.29 is 4.74 Å². The molecule has 0 spiro atoms. The van der Waals surface area contributed by atoms with E-state index in [-0.39, 0.29) is 0 Å². The summed E-state index contributed by atoms with van der Waals surface area (Å²) in [6.45, 7) is 5.43. The van der Waals surface area contributed by atoms with E-state index in [1.54, 1.807) is 0 Å². The van der Waals surface area contributed by atoms with Crippen LogP contribution in [0, 0.1) is 5.92 Å². The van der Waals surface area contributed by atoms with Gasteiger partial charge in [-0.1, -0.05) is 0 Å². The summed E-state index contributed by atoms with van der Waals surface area (Å²) in [6.07, 6.45) is 6.39. The molecule has 19 heavy (non-hydrogen) atoms. The molecule has 3 nitrogen and oxygen atoms in total. The summed E-state index contributed by atoms with van der Waals surface area (Å²) in [4.78, 5) is 1.47. The zero-order valence-electron chi connectivity index (χ0n) is 11.5. The molecule has 0 radical (unpaired) electrons. The maximum absolute atomic E-state index is 5.92. The second kappa shape index (κ2) is 6.73. The lowest BCUT2D eigenvalue weighted by Gasteiger charge is -2.22. The molecule has 106 valence electrons. The average Bonchev–Trinajstić information content (AvgIpc) is 2.87. The van der Waals surface area contributed by atoms with Crippen LogP contribution in [0.5, 0.6) is 5.06 Å². The molecule has 2 aliphatic rings. The molecule has 0 amide bonds. The van der Waals surface area contributed by atoms with Gasteiger partial charge in [-0.2, -0.15) is 0 Å². The van der Waals surface area contributed by atoms with Crippen molar-refractivity contribution >= 4 is 11.3 Å². The third kappa shape index (κ3) is 3.71. The highest BCUT2D eigenvalue weighted by molar-refractivity contribution is 7.14. The molecular weight excluding hydrogens is 256 g/mol. The first-order valence-corrected chi connectivity index (χ1v) is 8.39. The summed E-state index contributed by atoms with van der Waals surface area (Å²) in [7, 11) is 0. The fourth-order valence-corrected chi connectivity index (χ4v) is 4.06. The van der Waals surface area contributed by atoms with Gasteiger partial charge in [0.2, 0.25) is 0 Å². The maximum atomic E-state index is 5.92. The molecular formula is C15H24N2OS. The Labute approximate surface area is 119 Å². The van der Waals surface area contributed by atoms with Gasteiger partial charge in [-0.15, -0.1) is 11.3 Å². The Kier molecular flexibility index (Phi) is 4.75. The van der Waals surface area contributed by atoms with Crippen molar-refractivity contribution in [1.82, 2.24) is 10.6 Å². The van der Waals surface area contributed by atoms with Gasteiger partial charge in [-0.25, -0.2) is 0 Å². The summed E-state index contributed by atoms with van der Waals surface area (Å²) in [5, 5.41) is 8.01. The molecule has 1 fully saturated rings. The van der Waals surface area contributed by atoms with E-state index in [9.17, 15) is 0 Å². The van der Waals surface area contributed by atoms with Gasteiger partial charge in [0.05, 0.1) is 6.61 Å². The summed E-state index contributed by atoms with van der Waals surface area (Å²) < 4.78 is 5.92. The fourth-order valence-electron chi connectivity index (χ4n) is 3.01. The zero-order chi connectivity index (χ0) is 12.9. The lowest BCUT2D eigenvalue weighted by molar-refractivity contribution is 0.281. The number of thiophene rings is 1. The molecule has 1 aromatic heterocycles. The van der Waals surface area contributed by atoms with Crippen LogP contribution in [-0.2, 0) is 13.0 Å². The van der Waals surface area contributed by atoms with Gasteiger partial charge in [0.25, 0.3) is 0 Å². The van der Waals surface area contributed by atoms with Gasteiger partial charge in [-0.3, -0.25) is 0 Å². The van der Waals surface area contributed by atoms with Crippen molar-refractivity contribution in [3.05, 3.63) is 16.5 Å². The minimum atomic E-state index is 0.873. The van der Waals surface area contributed by atoms with E-state index >= 15 is 0 Å². The van der Waals surface area contributed by atoms with Crippen LogP contribution in [0.1, 0.15) is 36.1 Å². The first kappa shape index (κ1) is 13.4. The van der Waals surface area contributed by atoms with Crippen molar-refractivity contribution in [2.45, 2.75) is 38.6 Å². The summed E-state index contributed by atoms with van der Waals surface area (Å²) in [6, 6.07) is 2.25. The summed E-state index contributed by atoms with van der Waals surface area (Å²) >= 11 is 1.82. The Hall–Kier alpha value is -0.580. The van der Waals surface area contributed by atoms with Gasteiger partial charge in [0.1, 0.15) is 0 Å².